The smallest absolute Gasteiger partial charge is 0.244 e. The molecular weight excluding hydrogens is 242 g/mol. The number of rotatable bonds is 3. The van der Waals surface area contributed by atoms with Crippen LogP contribution in [0.2, 0.25) is 0 Å². The van der Waals surface area contributed by atoms with Gasteiger partial charge in [-0.25, -0.2) is 13.1 Å². The van der Waals surface area contributed by atoms with Crippen LogP contribution in [0.15, 0.2) is 11.1 Å². The Kier molecular flexibility index (Phi) is 3.50. The number of hydrogen-bond donors (Lipinski definition) is 3. The van der Waals surface area contributed by atoms with Crippen molar-refractivity contribution in [2.24, 2.45) is 0 Å². The van der Waals surface area contributed by atoms with Gasteiger partial charge >= 0.3 is 0 Å². The molecule has 96 valence electrons. The molecule has 2 atom stereocenters. The van der Waals surface area contributed by atoms with E-state index in [1.807, 2.05) is 0 Å². The fourth-order valence-corrected chi connectivity index (χ4v) is 3.56. The standard InChI is InChI=1S/C10H17N3O3S/c1-7-10(6-11-12-7)17(15,16)13-8-4-2-3-5-9(8)14/h6,8-9,13-14H,2-5H2,1H3,(H,11,12)/t8-,9-/m0/s1. The van der Waals surface area contributed by atoms with Crippen LogP contribution in [0.25, 0.3) is 0 Å². The molecule has 1 aliphatic rings. The van der Waals surface area contributed by atoms with Gasteiger partial charge in [0.25, 0.3) is 0 Å². The highest BCUT2D eigenvalue weighted by molar-refractivity contribution is 7.89. The van der Waals surface area contributed by atoms with E-state index in [0.717, 1.165) is 12.8 Å². The molecule has 1 fully saturated rings. The van der Waals surface area contributed by atoms with Gasteiger partial charge in [0.05, 0.1) is 18.0 Å². The summed E-state index contributed by atoms with van der Waals surface area (Å²) in [6, 6.07) is -0.386. The van der Waals surface area contributed by atoms with E-state index in [1.165, 1.54) is 6.20 Å². The van der Waals surface area contributed by atoms with Crippen molar-refractivity contribution in [2.75, 3.05) is 0 Å². The first-order valence-electron chi connectivity index (χ1n) is 5.71. The lowest BCUT2D eigenvalue weighted by atomic mass is 9.93. The average Bonchev–Trinajstić information content (AvgIpc) is 2.68. The SMILES string of the molecule is Cc1[nH]ncc1S(=O)(=O)N[C@H]1CCCC[C@@H]1O. The van der Waals surface area contributed by atoms with Crippen molar-refractivity contribution in [3.8, 4) is 0 Å². The number of H-pyrrole nitrogens is 1. The van der Waals surface area contributed by atoms with Crippen LogP contribution in [0.3, 0.4) is 0 Å². The van der Waals surface area contributed by atoms with Crippen LogP contribution in [0.5, 0.6) is 0 Å². The maximum atomic E-state index is 12.0. The van der Waals surface area contributed by atoms with Crippen LogP contribution in [0, 0.1) is 6.92 Å². The largest absolute Gasteiger partial charge is 0.391 e. The van der Waals surface area contributed by atoms with Gasteiger partial charge in [0.15, 0.2) is 0 Å². The van der Waals surface area contributed by atoms with Gasteiger partial charge in [-0.15, -0.1) is 0 Å². The molecule has 1 aromatic rings. The van der Waals surface area contributed by atoms with E-state index < -0.39 is 16.1 Å². The molecule has 1 heterocycles. The number of hydrogen-bond acceptors (Lipinski definition) is 4. The third-order valence-electron chi connectivity index (χ3n) is 3.11. The van der Waals surface area contributed by atoms with Crippen molar-refractivity contribution in [3.05, 3.63) is 11.9 Å². The second-order valence-corrected chi connectivity index (χ2v) is 6.12. The highest BCUT2D eigenvalue weighted by atomic mass is 32.2. The highest BCUT2D eigenvalue weighted by Gasteiger charge is 2.29. The minimum absolute atomic E-state index is 0.148. The third kappa shape index (κ3) is 2.67. The van der Waals surface area contributed by atoms with Gasteiger partial charge < -0.3 is 5.11 Å². The number of aromatic amines is 1. The van der Waals surface area contributed by atoms with E-state index in [9.17, 15) is 13.5 Å². The molecule has 1 saturated carbocycles. The maximum absolute atomic E-state index is 12.0. The summed E-state index contributed by atoms with van der Waals surface area (Å²) < 4.78 is 26.6. The Morgan fingerprint density at radius 2 is 2.18 bits per heavy atom. The molecule has 6 nitrogen and oxygen atoms in total. The van der Waals surface area contributed by atoms with E-state index >= 15 is 0 Å². The molecule has 0 aliphatic heterocycles. The summed E-state index contributed by atoms with van der Waals surface area (Å²) in [6.07, 6.45) is 3.91. The molecular formula is C10H17N3O3S. The Labute approximate surface area is 100 Å². The Bertz CT molecular complexity index is 483. The third-order valence-corrected chi connectivity index (χ3v) is 4.71. The number of nitrogens with zero attached hydrogens (tertiary/aromatic N) is 1. The van der Waals surface area contributed by atoms with Crippen LogP contribution >= 0.6 is 0 Å². The Hall–Kier alpha value is -0.920. The molecule has 0 amide bonds. The average molecular weight is 259 g/mol. The van der Waals surface area contributed by atoms with E-state index in [0.29, 0.717) is 18.5 Å². The van der Waals surface area contributed by atoms with Crippen molar-refractivity contribution in [1.29, 1.82) is 0 Å². The summed E-state index contributed by atoms with van der Waals surface area (Å²) in [5, 5.41) is 16.0. The van der Waals surface area contributed by atoms with E-state index in [1.54, 1.807) is 6.92 Å². The van der Waals surface area contributed by atoms with Crippen LogP contribution < -0.4 is 4.72 Å². The molecule has 2 rings (SSSR count). The van der Waals surface area contributed by atoms with Crippen molar-refractivity contribution < 1.29 is 13.5 Å². The second kappa shape index (κ2) is 4.75. The number of aliphatic hydroxyl groups is 1. The normalized spacial score (nSPS) is 26.0. The highest BCUT2D eigenvalue weighted by Crippen LogP contribution is 2.21. The lowest BCUT2D eigenvalue weighted by Gasteiger charge is -2.27. The Balaban J connectivity index is 2.15. The fourth-order valence-electron chi connectivity index (χ4n) is 2.12. The first kappa shape index (κ1) is 12.5. The zero-order chi connectivity index (χ0) is 12.5. The molecule has 0 bridgehead atoms. The number of aryl methyl sites for hydroxylation is 1. The zero-order valence-electron chi connectivity index (χ0n) is 9.68. The summed E-state index contributed by atoms with van der Waals surface area (Å²) in [4.78, 5) is 0.148. The predicted octanol–water partition coefficient (Wildman–Crippen LogP) is 0.300. The maximum Gasteiger partial charge on any atom is 0.244 e. The van der Waals surface area contributed by atoms with Gasteiger partial charge in [0.1, 0.15) is 4.90 Å². The first-order valence-corrected chi connectivity index (χ1v) is 7.19. The number of sulfonamides is 1. The molecule has 0 unspecified atom stereocenters. The van der Waals surface area contributed by atoms with E-state index in [2.05, 4.69) is 14.9 Å². The van der Waals surface area contributed by atoms with Crippen molar-refractivity contribution in [1.82, 2.24) is 14.9 Å². The van der Waals surface area contributed by atoms with Crippen LogP contribution in [-0.4, -0.2) is 35.9 Å². The van der Waals surface area contributed by atoms with Crippen molar-refractivity contribution in [3.63, 3.8) is 0 Å². The van der Waals surface area contributed by atoms with Gasteiger partial charge in [-0.2, -0.15) is 5.10 Å². The predicted molar refractivity (Wildman–Crippen MR) is 61.9 cm³/mol. The number of nitrogens with one attached hydrogen (secondary N) is 2. The van der Waals surface area contributed by atoms with Gasteiger partial charge in [-0.1, -0.05) is 12.8 Å². The van der Waals surface area contributed by atoms with Crippen molar-refractivity contribution >= 4 is 10.0 Å². The number of aromatic nitrogens is 2. The van der Waals surface area contributed by atoms with Gasteiger partial charge in [-0.05, 0) is 19.8 Å². The summed E-state index contributed by atoms with van der Waals surface area (Å²) in [5.74, 6) is 0. The second-order valence-electron chi connectivity index (χ2n) is 4.44. The lowest BCUT2D eigenvalue weighted by molar-refractivity contribution is 0.101. The quantitative estimate of drug-likeness (QED) is 0.727. The molecule has 0 aromatic carbocycles. The topological polar surface area (TPSA) is 95.1 Å². The number of aliphatic hydroxyl groups excluding tert-OH is 1. The molecule has 0 saturated heterocycles. The molecule has 7 heteroatoms. The molecule has 1 aliphatic carbocycles. The van der Waals surface area contributed by atoms with Crippen LogP contribution in [0.1, 0.15) is 31.4 Å². The monoisotopic (exact) mass is 259 g/mol. The summed E-state index contributed by atoms with van der Waals surface area (Å²) >= 11 is 0. The summed E-state index contributed by atoms with van der Waals surface area (Å²) in [6.45, 7) is 1.65. The van der Waals surface area contributed by atoms with Gasteiger partial charge in [0.2, 0.25) is 10.0 Å². The van der Waals surface area contributed by atoms with Crippen molar-refractivity contribution in [2.45, 2.75) is 49.6 Å². The lowest BCUT2D eigenvalue weighted by Crippen LogP contribution is -2.45. The minimum Gasteiger partial charge on any atom is -0.391 e. The molecule has 1 aromatic heterocycles. The van der Waals surface area contributed by atoms with E-state index in [-0.39, 0.29) is 10.9 Å². The fraction of sp³-hybridized carbons (Fsp3) is 0.700. The van der Waals surface area contributed by atoms with Gasteiger partial charge in [-0.3, -0.25) is 5.10 Å². The van der Waals surface area contributed by atoms with Gasteiger partial charge in [0, 0.05) is 6.04 Å². The molecule has 0 spiro atoms. The molecule has 17 heavy (non-hydrogen) atoms. The minimum atomic E-state index is -3.58. The summed E-state index contributed by atoms with van der Waals surface area (Å²) in [7, 11) is -3.58. The first-order chi connectivity index (χ1) is 8.00. The Morgan fingerprint density at radius 1 is 1.47 bits per heavy atom. The van der Waals surface area contributed by atoms with Crippen LogP contribution in [0.4, 0.5) is 0 Å². The molecule has 3 N–H and O–H groups in total. The molecule has 0 radical (unpaired) electrons. The van der Waals surface area contributed by atoms with E-state index in [4.69, 9.17) is 0 Å². The Morgan fingerprint density at radius 3 is 2.76 bits per heavy atom. The summed E-state index contributed by atoms with van der Waals surface area (Å²) in [5.41, 5.74) is 0.503. The zero-order valence-corrected chi connectivity index (χ0v) is 10.5. The van der Waals surface area contributed by atoms with Crippen LogP contribution in [-0.2, 0) is 10.0 Å².